The van der Waals surface area contributed by atoms with Crippen molar-refractivity contribution in [3.8, 4) is 0 Å². The van der Waals surface area contributed by atoms with Gasteiger partial charge >= 0.3 is 0 Å². The molecule has 2 nitrogen and oxygen atoms in total. The number of alkyl halides is 1. The largest absolute Gasteiger partial charge is 0.345 e. The van der Waals surface area contributed by atoms with Crippen molar-refractivity contribution in [3.63, 3.8) is 0 Å². The Hall–Kier alpha value is -1.02. The van der Waals surface area contributed by atoms with Gasteiger partial charge in [0.05, 0.1) is 5.54 Å². The minimum Gasteiger partial charge on any atom is -0.345 e. The molecule has 0 aliphatic heterocycles. The van der Waals surface area contributed by atoms with Crippen molar-refractivity contribution >= 4 is 17.5 Å². The van der Waals surface area contributed by atoms with E-state index >= 15 is 0 Å². The first-order valence-electron chi connectivity index (χ1n) is 7.44. The highest BCUT2D eigenvalue weighted by Gasteiger charge is 2.33. The molecular weight excluding hydrogens is 270 g/mol. The Kier molecular flexibility index (Phi) is 4.74. The van der Waals surface area contributed by atoms with Gasteiger partial charge in [-0.2, -0.15) is 0 Å². The normalized spacial score (nSPS) is 17.8. The zero-order chi connectivity index (χ0) is 14.8. The molecule has 1 aliphatic rings. The number of rotatable bonds is 3. The predicted octanol–water partition coefficient (Wildman–Crippen LogP) is 4.28. The van der Waals surface area contributed by atoms with Gasteiger partial charge in [-0.05, 0) is 44.7 Å². The van der Waals surface area contributed by atoms with Crippen LogP contribution in [0.4, 0.5) is 0 Å². The molecule has 0 unspecified atom stereocenters. The summed E-state index contributed by atoms with van der Waals surface area (Å²) in [5, 5.41) is 3.23. The first kappa shape index (κ1) is 15.4. The fourth-order valence-electron chi connectivity index (χ4n) is 3.36. The van der Waals surface area contributed by atoms with Crippen LogP contribution in [0.15, 0.2) is 12.1 Å². The predicted molar refractivity (Wildman–Crippen MR) is 84.7 cm³/mol. The number of halogens is 1. The van der Waals surface area contributed by atoms with Gasteiger partial charge in [0.1, 0.15) is 0 Å². The average Bonchev–Trinajstić information content (AvgIpc) is 2.38. The SMILES string of the molecule is Cc1cc(C)c(C(=O)NC2(CCl)CCCCC2)c(C)c1. The molecule has 3 heteroatoms. The Morgan fingerprint density at radius 1 is 1.15 bits per heavy atom. The van der Waals surface area contributed by atoms with Gasteiger partial charge in [-0.3, -0.25) is 4.79 Å². The van der Waals surface area contributed by atoms with Crippen molar-refractivity contribution in [2.45, 2.75) is 58.4 Å². The van der Waals surface area contributed by atoms with Crippen molar-refractivity contribution in [1.82, 2.24) is 5.32 Å². The molecule has 0 atom stereocenters. The molecule has 0 radical (unpaired) electrons. The number of carbonyl (C=O) groups excluding carboxylic acids is 1. The van der Waals surface area contributed by atoms with E-state index in [-0.39, 0.29) is 11.4 Å². The van der Waals surface area contributed by atoms with E-state index in [1.807, 2.05) is 13.8 Å². The highest BCUT2D eigenvalue weighted by Crippen LogP contribution is 2.30. The smallest absolute Gasteiger partial charge is 0.252 e. The minimum atomic E-state index is -0.208. The Morgan fingerprint density at radius 2 is 1.70 bits per heavy atom. The van der Waals surface area contributed by atoms with Gasteiger partial charge in [0, 0.05) is 11.4 Å². The molecule has 1 aliphatic carbocycles. The van der Waals surface area contributed by atoms with E-state index in [4.69, 9.17) is 11.6 Å². The second-order valence-electron chi connectivity index (χ2n) is 6.20. The maximum absolute atomic E-state index is 12.7. The van der Waals surface area contributed by atoms with Crippen LogP contribution in [0.1, 0.15) is 59.2 Å². The molecule has 1 aromatic carbocycles. The molecule has 2 rings (SSSR count). The molecule has 110 valence electrons. The Morgan fingerprint density at radius 3 is 2.20 bits per heavy atom. The lowest BCUT2D eigenvalue weighted by molar-refractivity contribution is 0.0883. The van der Waals surface area contributed by atoms with E-state index < -0.39 is 0 Å². The van der Waals surface area contributed by atoms with Crippen LogP contribution in [-0.2, 0) is 0 Å². The van der Waals surface area contributed by atoms with Crippen LogP contribution in [0, 0.1) is 20.8 Å². The summed E-state index contributed by atoms with van der Waals surface area (Å²) in [5.41, 5.74) is 3.88. The number of aryl methyl sites for hydroxylation is 3. The van der Waals surface area contributed by atoms with Gasteiger partial charge in [0.15, 0.2) is 0 Å². The third-order valence-corrected chi connectivity index (χ3v) is 4.86. The van der Waals surface area contributed by atoms with Crippen LogP contribution >= 0.6 is 11.6 Å². The van der Waals surface area contributed by atoms with E-state index in [1.165, 1.54) is 12.0 Å². The Bertz CT molecular complexity index is 481. The molecule has 0 heterocycles. The quantitative estimate of drug-likeness (QED) is 0.828. The van der Waals surface area contributed by atoms with E-state index in [2.05, 4.69) is 24.4 Å². The maximum Gasteiger partial charge on any atom is 0.252 e. The highest BCUT2D eigenvalue weighted by molar-refractivity contribution is 6.19. The summed E-state index contributed by atoms with van der Waals surface area (Å²) >= 11 is 6.16. The van der Waals surface area contributed by atoms with E-state index in [9.17, 15) is 4.79 Å². The first-order valence-corrected chi connectivity index (χ1v) is 7.97. The number of nitrogens with one attached hydrogen (secondary N) is 1. The van der Waals surface area contributed by atoms with Gasteiger partial charge in [-0.1, -0.05) is 37.0 Å². The Balaban J connectivity index is 2.23. The molecule has 1 saturated carbocycles. The number of amides is 1. The van der Waals surface area contributed by atoms with Crippen LogP contribution in [-0.4, -0.2) is 17.3 Å². The average molecular weight is 294 g/mol. The fourth-order valence-corrected chi connectivity index (χ4v) is 3.70. The number of hydrogen-bond donors (Lipinski definition) is 1. The molecule has 20 heavy (non-hydrogen) atoms. The molecular formula is C17H24ClNO. The zero-order valence-electron chi connectivity index (χ0n) is 12.7. The summed E-state index contributed by atoms with van der Waals surface area (Å²) in [7, 11) is 0. The lowest BCUT2D eigenvalue weighted by Crippen LogP contribution is -2.51. The monoisotopic (exact) mass is 293 g/mol. The molecule has 0 bridgehead atoms. The molecule has 0 saturated heterocycles. The third-order valence-electron chi connectivity index (χ3n) is 4.35. The minimum absolute atomic E-state index is 0.0301. The van der Waals surface area contributed by atoms with Crippen molar-refractivity contribution in [1.29, 1.82) is 0 Å². The van der Waals surface area contributed by atoms with Crippen LogP contribution in [0.2, 0.25) is 0 Å². The van der Waals surface area contributed by atoms with Crippen molar-refractivity contribution in [2.24, 2.45) is 0 Å². The standard InChI is InChI=1S/C17H24ClNO/c1-12-9-13(2)15(14(3)10-12)16(20)19-17(11-18)7-5-4-6-8-17/h9-10H,4-8,11H2,1-3H3,(H,19,20). The summed E-state index contributed by atoms with van der Waals surface area (Å²) in [6.07, 6.45) is 5.53. The lowest BCUT2D eigenvalue weighted by Gasteiger charge is -2.36. The number of carbonyl (C=O) groups is 1. The van der Waals surface area contributed by atoms with Crippen molar-refractivity contribution in [2.75, 3.05) is 5.88 Å². The molecule has 1 fully saturated rings. The number of hydrogen-bond acceptors (Lipinski definition) is 1. The summed E-state index contributed by atoms with van der Waals surface area (Å²) in [6, 6.07) is 4.13. The third kappa shape index (κ3) is 3.17. The fraction of sp³-hybridized carbons (Fsp3) is 0.588. The molecule has 1 aromatic rings. The van der Waals surface area contributed by atoms with Gasteiger partial charge in [-0.25, -0.2) is 0 Å². The van der Waals surface area contributed by atoms with Crippen LogP contribution in [0.25, 0.3) is 0 Å². The molecule has 0 spiro atoms. The topological polar surface area (TPSA) is 29.1 Å². The number of benzene rings is 1. The maximum atomic E-state index is 12.7. The van der Waals surface area contributed by atoms with Crippen molar-refractivity contribution < 1.29 is 4.79 Å². The summed E-state index contributed by atoms with van der Waals surface area (Å²) in [4.78, 5) is 12.7. The van der Waals surface area contributed by atoms with Crippen LogP contribution in [0.5, 0.6) is 0 Å². The summed E-state index contributed by atoms with van der Waals surface area (Å²) in [5.74, 6) is 0.533. The second kappa shape index (κ2) is 6.17. The van der Waals surface area contributed by atoms with Crippen molar-refractivity contribution in [3.05, 3.63) is 34.4 Å². The highest BCUT2D eigenvalue weighted by atomic mass is 35.5. The molecule has 0 aromatic heterocycles. The first-order chi connectivity index (χ1) is 9.47. The molecule has 1 amide bonds. The van der Waals surface area contributed by atoms with Crippen LogP contribution < -0.4 is 5.32 Å². The van der Waals surface area contributed by atoms with E-state index in [1.54, 1.807) is 0 Å². The van der Waals surface area contributed by atoms with Gasteiger partial charge in [-0.15, -0.1) is 11.6 Å². The van der Waals surface area contributed by atoms with Gasteiger partial charge < -0.3 is 5.32 Å². The zero-order valence-corrected chi connectivity index (χ0v) is 13.4. The summed E-state index contributed by atoms with van der Waals surface area (Å²) < 4.78 is 0. The summed E-state index contributed by atoms with van der Waals surface area (Å²) in [6.45, 7) is 6.06. The van der Waals surface area contributed by atoms with E-state index in [0.717, 1.165) is 42.4 Å². The van der Waals surface area contributed by atoms with Crippen LogP contribution in [0.3, 0.4) is 0 Å². The Labute approximate surface area is 126 Å². The second-order valence-corrected chi connectivity index (χ2v) is 6.47. The van der Waals surface area contributed by atoms with Gasteiger partial charge in [0.25, 0.3) is 5.91 Å². The van der Waals surface area contributed by atoms with E-state index in [0.29, 0.717) is 5.88 Å². The lowest BCUT2D eigenvalue weighted by atomic mass is 9.82. The van der Waals surface area contributed by atoms with Gasteiger partial charge in [0.2, 0.25) is 0 Å². The molecule has 1 N–H and O–H groups in total.